The number of hydrogen-bond acceptors (Lipinski definition) is 6. The molecule has 0 aromatic carbocycles. The van der Waals surface area contributed by atoms with Gasteiger partial charge in [-0.05, 0) is 50.5 Å². The Morgan fingerprint density at radius 1 is 1.21 bits per heavy atom. The summed E-state index contributed by atoms with van der Waals surface area (Å²) in [5.74, 6) is 0.674. The molecule has 0 bridgehead atoms. The molecule has 0 amide bonds. The molecule has 0 spiro atoms. The normalized spacial score (nSPS) is 21.2. The lowest BCUT2D eigenvalue weighted by Gasteiger charge is -2.28. The van der Waals surface area contributed by atoms with E-state index in [0.29, 0.717) is 11.0 Å². The first-order chi connectivity index (χ1) is 11.7. The molecule has 7 heteroatoms. The minimum absolute atomic E-state index is 0.124. The van der Waals surface area contributed by atoms with Gasteiger partial charge in [0, 0.05) is 35.6 Å². The fraction of sp³-hybridized carbons (Fsp3) is 0.412. The number of pyridine rings is 1. The van der Waals surface area contributed by atoms with Crippen LogP contribution in [-0.2, 0) is 4.74 Å². The van der Waals surface area contributed by atoms with Gasteiger partial charge in [-0.3, -0.25) is 4.98 Å². The van der Waals surface area contributed by atoms with Crippen molar-refractivity contribution in [1.29, 1.82) is 0 Å². The van der Waals surface area contributed by atoms with Crippen LogP contribution in [0, 0.1) is 13.8 Å². The fourth-order valence-corrected chi connectivity index (χ4v) is 4.08. The van der Waals surface area contributed by atoms with Gasteiger partial charge in [-0.25, -0.2) is 9.50 Å². The maximum absolute atomic E-state index is 5.93. The third-order valence-electron chi connectivity index (χ3n) is 4.18. The maximum Gasteiger partial charge on any atom is 0.253 e. The van der Waals surface area contributed by atoms with Crippen LogP contribution in [0.5, 0.6) is 0 Å². The zero-order chi connectivity index (χ0) is 16.5. The minimum atomic E-state index is 0.124. The van der Waals surface area contributed by atoms with Gasteiger partial charge in [0.05, 0.1) is 6.10 Å². The standard InChI is InChI=1S/C17H19N5OS/c1-11-9-12(2)22-16(19-11)20-17(21-22)24-14-5-8-23-15(10-14)13-3-6-18-7-4-13/h3-4,6-7,9,14-15H,5,8,10H2,1-2H3. The molecule has 1 saturated heterocycles. The number of aryl methyl sites for hydroxylation is 2. The molecule has 0 aliphatic carbocycles. The number of hydrogen-bond donors (Lipinski definition) is 0. The van der Waals surface area contributed by atoms with E-state index in [1.807, 2.05) is 49.0 Å². The highest BCUT2D eigenvalue weighted by Gasteiger charge is 2.26. The van der Waals surface area contributed by atoms with Crippen LogP contribution >= 0.6 is 11.8 Å². The topological polar surface area (TPSA) is 65.2 Å². The van der Waals surface area contributed by atoms with E-state index in [1.54, 1.807) is 11.8 Å². The summed E-state index contributed by atoms with van der Waals surface area (Å²) in [5.41, 5.74) is 3.21. The van der Waals surface area contributed by atoms with Crippen LogP contribution in [0.2, 0.25) is 0 Å². The van der Waals surface area contributed by atoms with Gasteiger partial charge in [-0.1, -0.05) is 11.8 Å². The molecule has 0 radical (unpaired) electrons. The van der Waals surface area contributed by atoms with E-state index in [0.717, 1.165) is 36.0 Å². The molecule has 4 rings (SSSR count). The van der Waals surface area contributed by atoms with Crippen molar-refractivity contribution >= 4 is 17.5 Å². The third kappa shape index (κ3) is 3.14. The molecule has 24 heavy (non-hydrogen) atoms. The van der Waals surface area contributed by atoms with Crippen LogP contribution in [0.25, 0.3) is 5.78 Å². The molecular weight excluding hydrogens is 322 g/mol. The van der Waals surface area contributed by atoms with E-state index in [4.69, 9.17) is 4.74 Å². The first-order valence-corrected chi connectivity index (χ1v) is 8.96. The zero-order valence-corrected chi connectivity index (χ0v) is 14.5. The predicted octanol–water partition coefficient (Wildman–Crippen LogP) is 3.15. The molecule has 2 unspecified atom stereocenters. The quantitative estimate of drug-likeness (QED) is 0.729. The number of thioether (sulfide) groups is 1. The first kappa shape index (κ1) is 15.5. The Labute approximate surface area is 144 Å². The molecule has 0 saturated carbocycles. The summed E-state index contributed by atoms with van der Waals surface area (Å²) >= 11 is 1.72. The summed E-state index contributed by atoms with van der Waals surface area (Å²) in [7, 11) is 0. The highest BCUT2D eigenvalue weighted by Crippen LogP contribution is 2.36. The predicted molar refractivity (Wildman–Crippen MR) is 92.1 cm³/mol. The van der Waals surface area contributed by atoms with E-state index in [2.05, 4.69) is 20.1 Å². The maximum atomic E-state index is 5.93. The molecule has 1 aliphatic heterocycles. The van der Waals surface area contributed by atoms with Gasteiger partial charge in [0.1, 0.15) is 0 Å². The molecular formula is C17H19N5OS. The summed E-state index contributed by atoms with van der Waals surface area (Å²) in [5, 5.41) is 5.83. The zero-order valence-electron chi connectivity index (χ0n) is 13.7. The van der Waals surface area contributed by atoms with Gasteiger partial charge < -0.3 is 4.74 Å². The van der Waals surface area contributed by atoms with E-state index < -0.39 is 0 Å². The van der Waals surface area contributed by atoms with Gasteiger partial charge in [0.15, 0.2) is 0 Å². The lowest BCUT2D eigenvalue weighted by Crippen LogP contribution is -2.21. The van der Waals surface area contributed by atoms with Gasteiger partial charge in [0.2, 0.25) is 5.16 Å². The Bertz CT molecular complexity index is 851. The summed E-state index contributed by atoms with van der Waals surface area (Å²) < 4.78 is 7.74. The van der Waals surface area contributed by atoms with Crippen molar-refractivity contribution in [2.45, 2.75) is 43.2 Å². The van der Waals surface area contributed by atoms with Crippen molar-refractivity contribution in [2.24, 2.45) is 0 Å². The Morgan fingerprint density at radius 3 is 2.88 bits per heavy atom. The molecule has 3 aromatic heterocycles. The highest BCUT2D eigenvalue weighted by molar-refractivity contribution is 7.99. The van der Waals surface area contributed by atoms with Crippen molar-refractivity contribution in [1.82, 2.24) is 24.6 Å². The van der Waals surface area contributed by atoms with E-state index in [-0.39, 0.29) is 6.10 Å². The summed E-state index contributed by atoms with van der Waals surface area (Å²) in [4.78, 5) is 13.1. The monoisotopic (exact) mass is 341 g/mol. The van der Waals surface area contributed by atoms with E-state index >= 15 is 0 Å². The lowest BCUT2D eigenvalue weighted by molar-refractivity contribution is 0.0178. The average Bonchev–Trinajstić information content (AvgIpc) is 2.98. The fourth-order valence-electron chi connectivity index (χ4n) is 3.03. The van der Waals surface area contributed by atoms with Gasteiger partial charge in [-0.15, -0.1) is 5.10 Å². The second kappa shape index (κ2) is 6.49. The largest absolute Gasteiger partial charge is 0.373 e. The third-order valence-corrected chi connectivity index (χ3v) is 5.33. The molecule has 124 valence electrons. The molecule has 3 aromatic rings. The van der Waals surface area contributed by atoms with Gasteiger partial charge in [-0.2, -0.15) is 4.98 Å². The summed E-state index contributed by atoms with van der Waals surface area (Å²) in [6, 6.07) is 6.07. The van der Waals surface area contributed by atoms with Crippen molar-refractivity contribution < 1.29 is 4.74 Å². The van der Waals surface area contributed by atoms with Crippen molar-refractivity contribution in [3.63, 3.8) is 0 Å². The van der Waals surface area contributed by atoms with E-state index in [1.165, 1.54) is 5.56 Å². The SMILES string of the molecule is Cc1cc(C)n2nc(SC3CCOC(c4ccncc4)C3)nc2n1. The number of rotatable bonds is 3. The Kier molecular flexibility index (Phi) is 4.20. The van der Waals surface area contributed by atoms with Crippen LogP contribution in [0.4, 0.5) is 0 Å². The second-order valence-electron chi connectivity index (χ2n) is 6.05. The van der Waals surface area contributed by atoms with Crippen molar-refractivity contribution in [3.8, 4) is 0 Å². The number of nitrogens with zero attached hydrogens (tertiary/aromatic N) is 5. The van der Waals surface area contributed by atoms with Crippen LogP contribution < -0.4 is 0 Å². The molecule has 1 aliphatic rings. The van der Waals surface area contributed by atoms with Crippen LogP contribution in [-0.4, -0.2) is 36.4 Å². The van der Waals surface area contributed by atoms with Crippen LogP contribution in [0.1, 0.15) is 35.9 Å². The lowest BCUT2D eigenvalue weighted by atomic mass is 10.0. The molecule has 2 atom stereocenters. The smallest absolute Gasteiger partial charge is 0.253 e. The van der Waals surface area contributed by atoms with Crippen molar-refractivity contribution in [3.05, 3.63) is 47.5 Å². The Balaban J connectivity index is 1.52. The highest BCUT2D eigenvalue weighted by atomic mass is 32.2. The van der Waals surface area contributed by atoms with Gasteiger partial charge in [0.25, 0.3) is 5.78 Å². The molecule has 0 N–H and O–H groups in total. The second-order valence-corrected chi connectivity index (χ2v) is 7.32. The molecule has 1 fully saturated rings. The van der Waals surface area contributed by atoms with Crippen molar-refractivity contribution in [2.75, 3.05) is 6.61 Å². The van der Waals surface area contributed by atoms with E-state index in [9.17, 15) is 0 Å². The average molecular weight is 341 g/mol. The molecule has 4 heterocycles. The summed E-state index contributed by atoms with van der Waals surface area (Å²) in [6.45, 7) is 4.76. The first-order valence-electron chi connectivity index (χ1n) is 8.08. The van der Waals surface area contributed by atoms with Crippen LogP contribution in [0.3, 0.4) is 0 Å². The van der Waals surface area contributed by atoms with Crippen LogP contribution in [0.15, 0.2) is 35.7 Å². The number of ether oxygens (including phenoxy) is 1. The Hall–Kier alpha value is -1.99. The summed E-state index contributed by atoms with van der Waals surface area (Å²) in [6.07, 6.45) is 5.72. The number of fused-ring (bicyclic) bond motifs is 1. The molecule has 6 nitrogen and oxygen atoms in total. The number of aromatic nitrogens is 5. The Morgan fingerprint density at radius 2 is 2.04 bits per heavy atom. The minimum Gasteiger partial charge on any atom is -0.373 e. The van der Waals surface area contributed by atoms with Gasteiger partial charge >= 0.3 is 0 Å².